The van der Waals surface area contributed by atoms with Crippen LogP contribution in [0.1, 0.15) is 16.5 Å². The van der Waals surface area contributed by atoms with Gasteiger partial charge in [0.25, 0.3) is 0 Å². The molecule has 13 heavy (non-hydrogen) atoms. The van der Waals surface area contributed by atoms with Crippen molar-refractivity contribution in [3.8, 4) is 5.82 Å². The average Bonchev–Trinajstić information content (AvgIpc) is 2.61. The Kier molecular flexibility index (Phi) is 0.813. The third kappa shape index (κ3) is 1.62. The molecule has 0 aliphatic carbocycles. The normalized spacial score (nSPS) is 20.1. The van der Waals surface area contributed by atoms with Crippen molar-refractivity contribution >= 4 is 15.9 Å². The smallest absolute Gasteiger partial charge is 0.156 e. The van der Waals surface area contributed by atoms with E-state index in [1.165, 1.54) is 0 Å². The highest BCUT2D eigenvalue weighted by atomic mass is 79.9. The van der Waals surface area contributed by atoms with Crippen molar-refractivity contribution < 1.29 is 11.0 Å². The fraction of sp³-hybridized carbons (Fsp3) is 0.111. The fourth-order valence-electron chi connectivity index (χ4n) is 0.774. The number of hydrogen-bond acceptors (Lipinski definition) is 2. The molecule has 3 nitrogen and oxygen atoms in total. The molecule has 0 saturated carbocycles. The van der Waals surface area contributed by atoms with Gasteiger partial charge in [-0.1, -0.05) is 6.04 Å². The minimum absolute atomic E-state index is 0.0359. The second-order valence-corrected chi connectivity index (χ2v) is 2.91. The van der Waals surface area contributed by atoms with Crippen LogP contribution in [0.15, 0.2) is 35.1 Å². The van der Waals surface area contributed by atoms with Crippen LogP contribution in [0.3, 0.4) is 0 Å². The molecule has 0 aliphatic rings. The molecule has 0 atom stereocenters. The number of halogens is 1. The SMILES string of the molecule is [2H]c1nc(-n2nc([2H])c(Br)c2[2H])c(C([2H])([2H])[2H])c([2H])c1[2H]. The lowest BCUT2D eigenvalue weighted by Crippen LogP contribution is -1.99. The molecule has 2 aromatic rings. The first-order chi connectivity index (χ1) is 9.55. The molecule has 0 N–H and O–H groups in total. The molecular weight excluding hydrogens is 230 g/mol. The molecule has 0 aliphatic heterocycles. The highest BCUT2D eigenvalue weighted by Crippen LogP contribution is 2.12. The summed E-state index contributed by atoms with van der Waals surface area (Å²) in [5.41, 5.74) is -0.577. The molecule has 0 bridgehead atoms. The monoisotopic (exact) mass is 245 g/mol. The Labute approximate surface area is 95.8 Å². The molecule has 66 valence electrons. The van der Waals surface area contributed by atoms with Crippen LogP contribution >= 0.6 is 15.9 Å². The summed E-state index contributed by atoms with van der Waals surface area (Å²) in [5, 5.41) is 3.67. The largest absolute Gasteiger partial charge is 0.237 e. The van der Waals surface area contributed by atoms with E-state index in [4.69, 9.17) is 11.0 Å². The topological polar surface area (TPSA) is 30.7 Å². The summed E-state index contributed by atoms with van der Waals surface area (Å²) in [6, 6.07) is -1.28. The minimum atomic E-state index is -2.77. The Morgan fingerprint density at radius 1 is 1.69 bits per heavy atom. The van der Waals surface area contributed by atoms with E-state index in [2.05, 4.69) is 26.0 Å². The predicted octanol–water partition coefficient (Wildman–Crippen LogP) is 2.34. The van der Waals surface area contributed by atoms with Gasteiger partial charge in [0.1, 0.15) is 0 Å². The highest BCUT2D eigenvalue weighted by molar-refractivity contribution is 9.10. The van der Waals surface area contributed by atoms with E-state index in [9.17, 15) is 0 Å². The van der Waals surface area contributed by atoms with Gasteiger partial charge in [0.05, 0.1) is 17.5 Å². The standard InChI is InChI=1S/C9H8BrN3/c1-7-3-2-4-11-9(7)13-6-8(10)5-12-13/h2-6H,1H3/i1D3,2D,3D,4D,5D,6D. The Hall–Kier alpha value is -1.16. The highest BCUT2D eigenvalue weighted by Gasteiger charge is 2.02. The van der Waals surface area contributed by atoms with Gasteiger partial charge in [-0.15, -0.1) is 0 Å². The summed E-state index contributed by atoms with van der Waals surface area (Å²) in [4.78, 5) is 3.66. The number of aromatic nitrogens is 3. The Morgan fingerprint density at radius 3 is 3.31 bits per heavy atom. The van der Waals surface area contributed by atoms with Crippen molar-refractivity contribution in [1.82, 2.24) is 14.8 Å². The van der Waals surface area contributed by atoms with Gasteiger partial charge in [-0.3, -0.25) is 0 Å². The second-order valence-electron chi connectivity index (χ2n) is 2.12. The first-order valence-electron chi connectivity index (χ1n) is 7.26. The number of nitrogens with zero attached hydrogens (tertiary/aromatic N) is 3. The molecule has 0 radical (unpaired) electrons. The summed E-state index contributed by atoms with van der Waals surface area (Å²) in [5.74, 6) is -0.412. The van der Waals surface area contributed by atoms with Gasteiger partial charge in [-0.05, 0) is 34.4 Å². The van der Waals surface area contributed by atoms with Crippen molar-refractivity contribution in [2.75, 3.05) is 0 Å². The summed E-state index contributed by atoms with van der Waals surface area (Å²) in [6.07, 6.45) is -1.22. The Balaban J connectivity index is 2.89. The third-order valence-corrected chi connectivity index (χ3v) is 1.64. The summed E-state index contributed by atoms with van der Waals surface area (Å²) < 4.78 is 61.3. The zero-order valence-electron chi connectivity index (χ0n) is 14.2. The fourth-order valence-corrected chi connectivity index (χ4v) is 1.02. The van der Waals surface area contributed by atoms with E-state index in [-0.39, 0.29) is 16.8 Å². The first kappa shape index (κ1) is 3.20. The van der Waals surface area contributed by atoms with Crippen LogP contribution < -0.4 is 0 Å². The number of hydrogen-bond donors (Lipinski definition) is 0. The number of pyridine rings is 1. The summed E-state index contributed by atoms with van der Waals surface area (Å²) in [7, 11) is 0. The van der Waals surface area contributed by atoms with Gasteiger partial charge in [0.15, 0.2) is 5.82 Å². The Morgan fingerprint density at radius 2 is 2.62 bits per heavy atom. The van der Waals surface area contributed by atoms with Crippen molar-refractivity contribution in [2.24, 2.45) is 0 Å². The molecule has 2 heterocycles. The van der Waals surface area contributed by atoms with Crippen LogP contribution in [-0.4, -0.2) is 14.8 Å². The molecule has 4 heteroatoms. The van der Waals surface area contributed by atoms with E-state index >= 15 is 0 Å². The molecule has 2 rings (SSSR count). The van der Waals surface area contributed by atoms with Crippen LogP contribution in [0, 0.1) is 6.85 Å². The quantitative estimate of drug-likeness (QED) is 0.773. The minimum Gasteiger partial charge on any atom is -0.237 e. The molecule has 0 aromatic carbocycles. The second kappa shape index (κ2) is 3.30. The van der Waals surface area contributed by atoms with Gasteiger partial charge in [0, 0.05) is 16.5 Å². The van der Waals surface area contributed by atoms with Gasteiger partial charge in [-0.25, -0.2) is 9.67 Å². The molecule has 0 saturated heterocycles. The van der Waals surface area contributed by atoms with E-state index in [1.54, 1.807) is 0 Å². The van der Waals surface area contributed by atoms with Crippen LogP contribution in [0.2, 0.25) is 0 Å². The van der Waals surface area contributed by atoms with Crippen LogP contribution in [0.25, 0.3) is 5.82 Å². The van der Waals surface area contributed by atoms with Crippen molar-refractivity contribution in [1.29, 1.82) is 0 Å². The average molecular weight is 246 g/mol. The first-order valence-corrected chi connectivity index (χ1v) is 4.05. The van der Waals surface area contributed by atoms with Crippen molar-refractivity contribution in [3.63, 3.8) is 0 Å². The lowest BCUT2D eigenvalue weighted by atomic mass is 10.3. The predicted molar refractivity (Wildman–Crippen MR) is 53.8 cm³/mol. The maximum Gasteiger partial charge on any atom is 0.156 e. The summed E-state index contributed by atoms with van der Waals surface area (Å²) in [6.45, 7) is -2.77. The lowest BCUT2D eigenvalue weighted by Gasteiger charge is -2.02. The van der Waals surface area contributed by atoms with Crippen LogP contribution in [0.4, 0.5) is 0 Å². The van der Waals surface area contributed by atoms with Crippen molar-refractivity contribution in [3.05, 3.63) is 40.6 Å². The van der Waals surface area contributed by atoms with Gasteiger partial charge in [-0.2, -0.15) is 5.10 Å². The van der Waals surface area contributed by atoms with E-state index < -0.39 is 36.5 Å². The number of rotatable bonds is 1. The molecule has 0 unspecified atom stereocenters. The molecule has 0 spiro atoms. The van der Waals surface area contributed by atoms with E-state index in [0.29, 0.717) is 0 Å². The zero-order chi connectivity index (χ0) is 16.1. The maximum absolute atomic E-state index is 7.79. The van der Waals surface area contributed by atoms with Gasteiger partial charge < -0.3 is 0 Å². The van der Waals surface area contributed by atoms with E-state index in [0.717, 1.165) is 4.68 Å². The Bertz CT molecular complexity index is 723. The van der Waals surface area contributed by atoms with Gasteiger partial charge in [0.2, 0.25) is 0 Å². The third-order valence-electron chi connectivity index (χ3n) is 1.28. The van der Waals surface area contributed by atoms with Crippen LogP contribution in [-0.2, 0) is 0 Å². The molecule has 0 fully saturated rings. The van der Waals surface area contributed by atoms with Crippen molar-refractivity contribution in [2.45, 2.75) is 6.85 Å². The lowest BCUT2D eigenvalue weighted by molar-refractivity contribution is 0.838. The molecule has 0 amide bonds. The maximum atomic E-state index is 7.79. The molecular formula is C9H8BrN3. The summed E-state index contributed by atoms with van der Waals surface area (Å²) >= 11 is 2.97. The van der Waals surface area contributed by atoms with E-state index in [1.807, 2.05) is 0 Å². The van der Waals surface area contributed by atoms with Gasteiger partial charge >= 0.3 is 0 Å². The molecule has 2 aromatic heterocycles. The zero-order valence-corrected chi connectivity index (χ0v) is 7.81. The van der Waals surface area contributed by atoms with Crippen LogP contribution in [0.5, 0.6) is 0 Å².